The van der Waals surface area contributed by atoms with E-state index in [2.05, 4.69) is 11.0 Å². The van der Waals surface area contributed by atoms with Crippen LogP contribution in [-0.4, -0.2) is 43.3 Å². The van der Waals surface area contributed by atoms with E-state index in [1.54, 1.807) is 14.2 Å². The molecule has 2 aromatic rings. The van der Waals surface area contributed by atoms with Crippen LogP contribution in [-0.2, 0) is 11.3 Å². The van der Waals surface area contributed by atoms with Gasteiger partial charge in [-0.1, -0.05) is 6.42 Å². The molecule has 1 aliphatic rings. The van der Waals surface area contributed by atoms with Gasteiger partial charge in [0, 0.05) is 31.9 Å². The molecule has 0 radical (unpaired) electrons. The summed E-state index contributed by atoms with van der Waals surface area (Å²) < 4.78 is 16.6. The summed E-state index contributed by atoms with van der Waals surface area (Å²) in [5.41, 5.74) is 3.11. The van der Waals surface area contributed by atoms with Gasteiger partial charge in [0.05, 0.1) is 12.8 Å². The minimum absolute atomic E-state index is 0.575. The molecule has 1 saturated heterocycles. The Morgan fingerprint density at radius 1 is 1.23 bits per heavy atom. The van der Waals surface area contributed by atoms with E-state index in [0.29, 0.717) is 11.9 Å². The summed E-state index contributed by atoms with van der Waals surface area (Å²) in [5, 5.41) is 0. The van der Waals surface area contributed by atoms with Crippen LogP contribution in [0.15, 0.2) is 22.6 Å². The molecule has 2 heterocycles. The standard InChI is InChI=1S/C21H30N2O3/c1-15-13-17(8-9-20(15)25-4)21-22-19(16(2)26-21)14-23-11-6-5-7-18(23)10-12-24-3/h8-9,13,18H,5-7,10-12,14H2,1-4H3/t18-/m1/s1. The van der Waals surface area contributed by atoms with E-state index in [1.807, 2.05) is 26.0 Å². The first kappa shape index (κ1) is 18.9. The minimum atomic E-state index is 0.575. The predicted molar refractivity (Wildman–Crippen MR) is 103 cm³/mol. The van der Waals surface area contributed by atoms with Crippen LogP contribution < -0.4 is 4.74 Å². The van der Waals surface area contributed by atoms with E-state index in [4.69, 9.17) is 18.9 Å². The maximum atomic E-state index is 5.98. The minimum Gasteiger partial charge on any atom is -0.496 e. The van der Waals surface area contributed by atoms with Crippen LogP contribution in [0.5, 0.6) is 5.75 Å². The Morgan fingerprint density at radius 3 is 2.81 bits per heavy atom. The Bertz CT molecular complexity index is 726. The van der Waals surface area contributed by atoms with Crippen LogP contribution in [0.25, 0.3) is 11.5 Å². The van der Waals surface area contributed by atoms with E-state index in [-0.39, 0.29) is 0 Å². The number of methoxy groups -OCH3 is 2. The number of aromatic nitrogens is 1. The van der Waals surface area contributed by atoms with Gasteiger partial charge in [-0.2, -0.15) is 0 Å². The number of oxazole rings is 1. The third-order valence-electron chi connectivity index (χ3n) is 5.29. The summed E-state index contributed by atoms with van der Waals surface area (Å²) in [6.45, 7) is 6.83. The number of benzene rings is 1. The van der Waals surface area contributed by atoms with Crippen molar-refractivity contribution in [3.8, 4) is 17.2 Å². The third-order valence-corrected chi connectivity index (χ3v) is 5.29. The fraction of sp³-hybridized carbons (Fsp3) is 0.571. The zero-order chi connectivity index (χ0) is 18.5. The number of aryl methyl sites for hydroxylation is 2. The quantitative estimate of drug-likeness (QED) is 0.736. The van der Waals surface area contributed by atoms with Crippen LogP contribution >= 0.6 is 0 Å². The largest absolute Gasteiger partial charge is 0.496 e. The number of hydrogen-bond donors (Lipinski definition) is 0. The molecule has 0 unspecified atom stereocenters. The first-order valence-electron chi connectivity index (χ1n) is 9.46. The van der Waals surface area contributed by atoms with Crippen molar-refractivity contribution in [3.05, 3.63) is 35.2 Å². The summed E-state index contributed by atoms with van der Waals surface area (Å²) in [6.07, 6.45) is 4.88. The summed E-state index contributed by atoms with van der Waals surface area (Å²) in [4.78, 5) is 7.34. The van der Waals surface area contributed by atoms with Crippen LogP contribution in [0.1, 0.15) is 42.7 Å². The predicted octanol–water partition coefficient (Wildman–Crippen LogP) is 4.36. The molecule has 26 heavy (non-hydrogen) atoms. The highest BCUT2D eigenvalue weighted by molar-refractivity contribution is 5.57. The van der Waals surface area contributed by atoms with Crippen molar-refractivity contribution in [2.75, 3.05) is 27.4 Å². The normalized spacial score (nSPS) is 18.2. The van der Waals surface area contributed by atoms with Crippen molar-refractivity contribution in [1.29, 1.82) is 0 Å². The second kappa shape index (κ2) is 8.69. The van der Waals surface area contributed by atoms with Gasteiger partial charge in [0.2, 0.25) is 5.89 Å². The van der Waals surface area contributed by atoms with E-state index in [1.165, 1.54) is 19.3 Å². The number of nitrogens with zero attached hydrogens (tertiary/aromatic N) is 2. The van der Waals surface area contributed by atoms with Gasteiger partial charge in [0.25, 0.3) is 0 Å². The summed E-state index contributed by atoms with van der Waals surface area (Å²) >= 11 is 0. The highest BCUT2D eigenvalue weighted by Crippen LogP contribution is 2.29. The lowest BCUT2D eigenvalue weighted by molar-refractivity contribution is 0.0961. The molecule has 5 nitrogen and oxygen atoms in total. The molecule has 1 aliphatic heterocycles. The molecule has 5 heteroatoms. The van der Waals surface area contributed by atoms with Crippen molar-refractivity contribution in [1.82, 2.24) is 9.88 Å². The van der Waals surface area contributed by atoms with Crippen LogP contribution in [0.3, 0.4) is 0 Å². The van der Waals surface area contributed by atoms with Gasteiger partial charge in [-0.05, 0) is 63.4 Å². The molecule has 0 spiro atoms. The lowest BCUT2D eigenvalue weighted by Gasteiger charge is -2.35. The fourth-order valence-corrected chi connectivity index (χ4v) is 3.75. The van der Waals surface area contributed by atoms with Gasteiger partial charge < -0.3 is 13.9 Å². The molecule has 0 N–H and O–H groups in total. The molecule has 1 fully saturated rings. The smallest absolute Gasteiger partial charge is 0.226 e. The Labute approximate surface area is 156 Å². The maximum absolute atomic E-state index is 5.98. The highest BCUT2D eigenvalue weighted by atomic mass is 16.5. The first-order chi connectivity index (χ1) is 12.6. The van der Waals surface area contributed by atoms with Crippen molar-refractivity contribution >= 4 is 0 Å². The highest BCUT2D eigenvalue weighted by Gasteiger charge is 2.24. The maximum Gasteiger partial charge on any atom is 0.226 e. The average Bonchev–Trinajstić information content (AvgIpc) is 3.01. The number of likely N-dealkylation sites (tertiary alicyclic amines) is 1. The van der Waals surface area contributed by atoms with E-state index < -0.39 is 0 Å². The number of piperidine rings is 1. The lowest BCUT2D eigenvalue weighted by atomic mass is 9.99. The molecule has 0 saturated carbocycles. The molecule has 0 bridgehead atoms. The molecular formula is C21H30N2O3. The van der Waals surface area contributed by atoms with Gasteiger partial charge in [-0.25, -0.2) is 4.98 Å². The van der Waals surface area contributed by atoms with Crippen molar-refractivity contribution in [2.45, 2.75) is 52.1 Å². The SMILES string of the molecule is COCC[C@H]1CCCCN1Cc1nc(-c2ccc(OC)c(C)c2)oc1C. The van der Waals surface area contributed by atoms with Crippen molar-refractivity contribution < 1.29 is 13.9 Å². The van der Waals surface area contributed by atoms with Crippen LogP contribution in [0.2, 0.25) is 0 Å². The second-order valence-corrected chi connectivity index (χ2v) is 7.11. The average molecular weight is 358 g/mol. The Morgan fingerprint density at radius 2 is 2.08 bits per heavy atom. The topological polar surface area (TPSA) is 47.7 Å². The van der Waals surface area contributed by atoms with E-state index >= 15 is 0 Å². The molecule has 1 atom stereocenters. The fourth-order valence-electron chi connectivity index (χ4n) is 3.75. The molecule has 3 rings (SSSR count). The van der Waals surface area contributed by atoms with Gasteiger partial charge in [0.15, 0.2) is 0 Å². The zero-order valence-electron chi connectivity index (χ0n) is 16.4. The molecular weight excluding hydrogens is 328 g/mol. The molecule has 1 aromatic carbocycles. The summed E-state index contributed by atoms with van der Waals surface area (Å²) in [5.74, 6) is 2.48. The van der Waals surface area contributed by atoms with E-state index in [9.17, 15) is 0 Å². The van der Waals surface area contributed by atoms with Crippen LogP contribution in [0.4, 0.5) is 0 Å². The monoisotopic (exact) mass is 358 g/mol. The third kappa shape index (κ3) is 4.27. The Hall–Kier alpha value is -1.85. The molecule has 142 valence electrons. The Balaban J connectivity index is 1.76. The first-order valence-corrected chi connectivity index (χ1v) is 9.46. The molecule has 0 aliphatic carbocycles. The van der Waals surface area contributed by atoms with Crippen LogP contribution in [0, 0.1) is 13.8 Å². The van der Waals surface area contributed by atoms with Crippen molar-refractivity contribution in [2.24, 2.45) is 0 Å². The van der Waals surface area contributed by atoms with Gasteiger partial charge in [0.1, 0.15) is 11.5 Å². The number of hydrogen-bond acceptors (Lipinski definition) is 5. The lowest BCUT2D eigenvalue weighted by Crippen LogP contribution is -2.39. The number of ether oxygens (including phenoxy) is 2. The van der Waals surface area contributed by atoms with E-state index in [0.717, 1.165) is 54.4 Å². The van der Waals surface area contributed by atoms with Gasteiger partial charge in [-0.3, -0.25) is 4.90 Å². The van der Waals surface area contributed by atoms with Crippen molar-refractivity contribution in [3.63, 3.8) is 0 Å². The summed E-state index contributed by atoms with van der Waals surface area (Å²) in [6, 6.07) is 6.61. The van der Waals surface area contributed by atoms with Gasteiger partial charge >= 0.3 is 0 Å². The second-order valence-electron chi connectivity index (χ2n) is 7.11. The Kier molecular flexibility index (Phi) is 6.33. The van der Waals surface area contributed by atoms with Gasteiger partial charge in [-0.15, -0.1) is 0 Å². The zero-order valence-corrected chi connectivity index (χ0v) is 16.4. The molecule has 0 amide bonds. The number of rotatable bonds is 7. The summed E-state index contributed by atoms with van der Waals surface area (Å²) in [7, 11) is 3.46. The molecule has 1 aromatic heterocycles.